The Bertz CT molecular complexity index is 965. The molecule has 1 heterocycles. The van der Waals surface area contributed by atoms with Gasteiger partial charge in [0.25, 0.3) is 0 Å². The number of rotatable bonds is 6. The smallest absolute Gasteiger partial charge is 0.227 e. The number of thiazole rings is 1. The van der Waals surface area contributed by atoms with Crippen LogP contribution in [0.5, 0.6) is 0 Å². The van der Waals surface area contributed by atoms with Crippen molar-refractivity contribution >= 4 is 28.3 Å². The third kappa shape index (κ3) is 4.12. The van der Waals surface area contributed by atoms with E-state index in [1.54, 1.807) is 12.1 Å². The van der Waals surface area contributed by atoms with Gasteiger partial charge in [-0.25, -0.2) is 9.37 Å². The summed E-state index contributed by atoms with van der Waals surface area (Å²) in [7, 11) is 0. The molecule has 0 spiro atoms. The highest BCUT2D eigenvalue weighted by molar-refractivity contribution is 7.16. The van der Waals surface area contributed by atoms with Crippen LogP contribution < -0.4 is 10.6 Å². The third-order valence-corrected chi connectivity index (χ3v) is 8.20. The molecule has 4 aliphatic rings. The van der Waals surface area contributed by atoms with Crippen molar-refractivity contribution in [1.29, 1.82) is 0 Å². The first-order valence-electron chi connectivity index (χ1n) is 11.2. The van der Waals surface area contributed by atoms with Gasteiger partial charge in [0.2, 0.25) is 11.8 Å². The second-order valence-electron chi connectivity index (χ2n) is 9.68. The van der Waals surface area contributed by atoms with E-state index >= 15 is 0 Å². The van der Waals surface area contributed by atoms with E-state index in [9.17, 15) is 14.0 Å². The maximum absolute atomic E-state index is 13.2. The molecule has 164 valence electrons. The van der Waals surface area contributed by atoms with E-state index in [0.29, 0.717) is 11.7 Å². The average Bonchev–Trinajstić information content (AvgIpc) is 3.07. The van der Waals surface area contributed by atoms with Crippen molar-refractivity contribution in [2.24, 2.45) is 23.2 Å². The molecule has 4 fully saturated rings. The lowest BCUT2D eigenvalue weighted by molar-refractivity contribution is -0.146. The quantitative estimate of drug-likeness (QED) is 0.668. The van der Waals surface area contributed by atoms with Gasteiger partial charge in [-0.05, 0) is 87.5 Å². The number of nitrogens with zero attached hydrogens (tertiary/aromatic N) is 1. The monoisotopic (exact) mass is 441 g/mol. The summed E-state index contributed by atoms with van der Waals surface area (Å²) in [5.74, 6) is 1.88. The minimum atomic E-state index is -0.291. The Morgan fingerprint density at radius 2 is 1.71 bits per heavy atom. The molecule has 4 bridgehead atoms. The van der Waals surface area contributed by atoms with Crippen LogP contribution in [0.3, 0.4) is 0 Å². The van der Waals surface area contributed by atoms with Crippen molar-refractivity contribution in [2.75, 3.05) is 11.9 Å². The predicted octanol–water partition coefficient (Wildman–Crippen LogP) is 4.92. The number of aryl methyl sites for hydroxylation is 1. The van der Waals surface area contributed by atoms with Gasteiger partial charge >= 0.3 is 0 Å². The van der Waals surface area contributed by atoms with Crippen molar-refractivity contribution in [3.05, 3.63) is 35.0 Å². The number of halogens is 1. The van der Waals surface area contributed by atoms with Crippen LogP contribution in [0.25, 0.3) is 11.3 Å². The fraction of sp³-hybridized carbons (Fsp3) is 0.542. The molecule has 0 radical (unpaired) electrons. The topological polar surface area (TPSA) is 71.1 Å². The fourth-order valence-corrected chi connectivity index (χ4v) is 7.23. The van der Waals surface area contributed by atoms with E-state index in [1.165, 1.54) is 42.7 Å². The van der Waals surface area contributed by atoms with E-state index < -0.39 is 0 Å². The SMILES string of the molecule is Cc1sc(NC(=O)CCNC(=O)C23CC4CC(CC(C4)C2)C3)nc1-c1ccc(F)cc1. The Hall–Kier alpha value is -2.28. The minimum absolute atomic E-state index is 0.156. The van der Waals surface area contributed by atoms with Crippen molar-refractivity contribution < 1.29 is 14.0 Å². The molecular formula is C24H28FN3O2S. The number of carbonyl (C=O) groups excluding carboxylic acids is 2. The first-order chi connectivity index (χ1) is 14.9. The lowest BCUT2D eigenvalue weighted by atomic mass is 9.49. The first kappa shape index (κ1) is 20.6. The maximum Gasteiger partial charge on any atom is 0.227 e. The molecule has 31 heavy (non-hydrogen) atoms. The van der Waals surface area contributed by atoms with Gasteiger partial charge in [0.05, 0.1) is 5.69 Å². The second kappa shape index (κ2) is 8.01. The molecular weight excluding hydrogens is 413 g/mol. The molecule has 4 saturated carbocycles. The van der Waals surface area contributed by atoms with Gasteiger partial charge in [0, 0.05) is 28.8 Å². The Kier molecular flexibility index (Phi) is 5.32. The summed E-state index contributed by atoms with van der Waals surface area (Å²) in [5.41, 5.74) is 1.38. The maximum atomic E-state index is 13.2. The molecule has 1 aromatic carbocycles. The van der Waals surface area contributed by atoms with Gasteiger partial charge in [0.15, 0.2) is 5.13 Å². The number of aromatic nitrogens is 1. The summed E-state index contributed by atoms with van der Waals surface area (Å²) >= 11 is 1.40. The molecule has 7 heteroatoms. The van der Waals surface area contributed by atoms with E-state index in [1.807, 2.05) is 6.92 Å². The molecule has 0 aliphatic heterocycles. The largest absolute Gasteiger partial charge is 0.355 e. The molecule has 5 nitrogen and oxygen atoms in total. The lowest BCUT2D eigenvalue weighted by Crippen LogP contribution is -2.53. The summed E-state index contributed by atoms with van der Waals surface area (Å²) < 4.78 is 13.2. The molecule has 2 aromatic rings. The highest BCUT2D eigenvalue weighted by Gasteiger charge is 2.54. The molecule has 0 unspecified atom stereocenters. The molecule has 2 amide bonds. The summed E-state index contributed by atoms with van der Waals surface area (Å²) in [4.78, 5) is 30.8. The Morgan fingerprint density at radius 1 is 1.10 bits per heavy atom. The van der Waals surface area contributed by atoms with Gasteiger partial charge in [-0.1, -0.05) is 0 Å². The van der Waals surface area contributed by atoms with Crippen LogP contribution in [0.15, 0.2) is 24.3 Å². The fourth-order valence-electron chi connectivity index (χ4n) is 6.37. The lowest BCUT2D eigenvalue weighted by Gasteiger charge is -2.55. The molecule has 6 rings (SSSR count). The van der Waals surface area contributed by atoms with Crippen LogP contribution in [-0.2, 0) is 9.59 Å². The zero-order valence-electron chi connectivity index (χ0n) is 17.7. The first-order valence-corrected chi connectivity index (χ1v) is 12.0. The highest BCUT2D eigenvalue weighted by atomic mass is 32.1. The number of anilines is 1. The van der Waals surface area contributed by atoms with Crippen LogP contribution >= 0.6 is 11.3 Å². The highest BCUT2D eigenvalue weighted by Crippen LogP contribution is 2.60. The summed E-state index contributed by atoms with van der Waals surface area (Å²) in [5, 5.41) is 6.41. The average molecular weight is 442 g/mol. The molecule has 1 aromatic heterocycles. The van der Waals surface area contributed by atoms with Gasteiger partial charge in [-0.2, -0.15) is 0 Å². The Labute approximate surface area is 185 Å². The van der Waals surface area contributed by atoms with Gasteiger partial charge in [-0.3, -0.25) is 9.59 Å². The minimum Gasteiger partial charge on any atom is -0.355 e. The summed E-state index contributed by atoms with van der Waals surface area (Å²) in [6.07, 6.45) is 7.24. The number of hydrogen-bond acceptors (Lipinski definition) is 4. The van der Waals surface area contributed by atoms with E-state index in [4.69, 9.17) is 0 Å². The third-order valence-electron chi connectivity index (χ3n) is 7.32. The zero-order chi connectivity index (χ0) is 21.6. The Balaban J connectivity index is 1.14. The van der Waals surface area contributed by atoms with Crippen LogP contribution in [0.1, 0.15) is 49.8 Å². The molecule has 4 aliphatic carbocycles. The van der Waals surface area contributed by atoms with Crippen LogP contribution in [0.4, 0.5) is 9.52 Å². The van der Waals surface area contributed by atoms with Gasteiger partial charge < -0.3 is 10.6 Å². The number of carbonyl (C=O) groups is 2. The number of amides is 2. The van der Waals surface area contributed by atoms with Crippen LogP contribution in [0.2, 0.25) is 0 Å². The van der Waals surface area contributed by atoms with Crippen molar-refractivity contribution in [3.8, 4) is 11.3 Å². The van der Waals surface area contributed by atoms with Gasteiger partial charge in [-0.15, -0.1) is 11.3 Å². The molecule has 0 atom stereocenters. The molecule has 0 saturated heterocycles. The second-order valence-corrected chi connectivity index (χ2v) is 10.9. The van der Waals surface area contributed by atoms with E-state index in [-0.39, 0.29) is 29.5 Å². The zero-order valence-corrected chi connectivity index (χ0v) is 18.6. The number of benzene rings is 1. The van der Waals surface area contributed by atoms with Crippen molar-refractivity contribution in [3.63, 3.8) is 0 Å². The van der Waals surface area contributed by atoms with E-state index in [2.05, 4.69) is 15.6 Å². The standard InChI is InChI=1S/C24H28FN3O2S/c1-14-21(18-2-4-19(25)5-3-18)28-23(31-14)27-20(29)6-7-26-22(30)24-11-15-8-16(12-24)10-17(9-15)13-24/h2-5,15-17H,6-13H2,1H3,(H,26,30)(H,27,28,29). The summed E-state index contributed by atoms with van der Waals surface area (Å²) in [6.45, 7) is 2.28. The van der Waals surface area contributed by atoms with Gasteiger partial charge in [0.1, 0.15) is 5.82 Å². The normalized spacial score (nSPS) is 28.5. The van der Waals surface area contributed by atoms with Crippen LogP contribution in [-0.4, -0.2) is 23.3 Å². The molecule has 2 N–H and O–H groups in total. The predicted molar refractivity (Wildman–Crippen MR) is 119 cm³/mol. The van der Waals surface area contributed by atoms with E-state index in [0.717, 1.165) is 53.2 Å². The number of hydrogen-bond donors (Lipinski definition) is 2. The summed E-state index contributed by atoms with van der Waals surface area (Å²) in [6, 6.07) is 6.17. The number of nitrogens with one attached hydrogen (secondary N) is 2. The van der Waals surface area contributed by atoms with Crippen LogP contribution in [0, 0.1) is 35.9 Å². The van der Waals surface area contributed by atoms with Crippen molar-refractivity contribution in [2.45, 2.75) is 51.9 Å². The van der Waals surface area contributed by atoms with Crippen molar-refractivity contribution in [1.82, 2.24) is 10.3 Å². The Morgan fingerprint density at radius 3 is 2.32 bits per heavy atom.